The van der Waals surface area contributed by atoms with Crippen molar-refractivity contribution in [3.05, 3.63) is 128 Å². The van der Waals surface area contributed by atoms with Gasteiger partial charge in [-0.3, -0.25) is 14.4 Å². The third kappa shape index (κ3) is 7.21. The summed E-state index contributed by atoms with van der Waals surface area (Å²) in [7, 11) is 1.53. The Kier molecular flexibility index (Phi) is 9.17. The highest BCUT2D eigenvalue weighted by molar-refractivity contribution is 6.30. The van der Waals surface area contributed by atoms with Gasteiger partial charge in [-0.05, 0) is 91.1 Å². The smallest absolute Gasteiger partial charge is 0.291 e. The van der Waals surface area contributed by atoms with Crippen LogP contribution in [0.3, 0.4) is 0 Å². The molecular formula is C37H35ClN2O5. The molecule has 8 heteroatoms. The van der Waals surface area contributed by atoms with Gasteiger partial charge in [0.05, 0.1) is 12.5 Å². The van der Waals surface area contributed by atoms with Crippen molar-refractivity contribution in [1.82, 2.24) is 10.2 Å². The molecule has 0 bridgehead atoms. The molecule has 7 nitrogen and oxygen atoms in total. The van der Waals surface area contributed by atoms with Crippen LogP contribution in [0.1, 0.15) is 71.7 Å². The van der Waals surface area contributed by atoms with Gasteiger partial charge in [-0.2, -0.15) is 0 Å². The minimum atomic E-state index is -0.520. The van der Waals surface area contributed by atoms with E-state index in [4.69, 9.17) is 20.8 Å². The maximum atomic E-state index is 13.4. The minimum absolute atomic E-state index is 0.0852. The molecule has 1 aromatic heterocycles. The Morgan fingerprint density at radius 2 is 1.80 bits per heavy atom. The number of methoxy groups -OCH3 is 1. The second-order valence-electron chi connectivity index (χ2n) is 11.6. The van der Waals surface area contributed by atoms with Gasteiger partial charge >= 0.3 is 0 Å². The molecule has 2 heterocycles. The first-order valence-corrected chi connectivity index (χ1v) is 15.7. The fourth-order valence-corrected chi connectivity index (χ4v) is 6.36. The van der Waals surface area contributed by atoms with Gasteiger partial charge in [0, 0.05) is 42.4 Å². The Balaban J connectivity index is 1.22. The molecule has 0 atom stereocenters. The third-order valence-electron chi connectivity index (χ3n) is 8.63. The molecule has 1 N–H and O–H groups in total. The van der Waals surface area contributed by atoms with Crippen LogP contribution in [-0.4, -0.2) is 30.4 Å². The Labute approximate surface area is 267 Å². The molecule has 0 radical (unpaired) electrons. The number of amides is 2. The fraction of sp³-hybridized carbons (Fsp3) is 0.270. The van der Waals surface area contributed by atoms with Gasteiger partial charge in [-0.25, -0.2) is 0 Å². The second-order valence-corrected chi connectivity index (χ2v) is 12.1. The number of rotatable bonds is 8. The monoisotopic (exact) mass is 622 g/mol. The van der Waals surface area contributed by atoms with Gasteiger partial charge in [0.2, 0.25) is 5.91 Å². The lowest BCUT2D eigenvalue weighted by Crippen LogP contribution is -2.25. The number of carbonyl (C=O) groups is 2. The van der Waals surface area contributed by atoms with E-state index in [1.165, 1.54) is 29.9 Å². The van der Waals surface area contributed by atoms with E-state index in [9.17, 15) is 14.4 Å². The second kappa shape index (κ2) is 13.6. The number of carbonyl (C=O) groups excluding carboxylic acids is 2. The molecular weight excluding hydrogens is 588 g/mol. The molecule has 2 fully saturated rings. The van der Waals surface area contributed by atoms with E-state index in [2.05, 4.69) is 29.6 Å². The summed E-state index contributed by atoms with van der Waals surface area (Å²) in [6.07, 6.45) is 9.19. The standard InChI is InChI=1S/C37H35ClN2O5/c1-44-30-16-17-32-33(41)22-35(45-34(32)21-30)37(43)39-29(20-25-10-14-28(38)15-11-25)19-24-8-12-26(13-9-24)31-6-3-2-5-27(31)23-40-18-4-7-36(40)42/h2-3,5-6,10-11,14-17,19-22,26H,4,7-9,12-13,18,23H2,1H3,(H,39,43)/b24-19?,29-20-. The van der Waals surface area contributed by atoms with Crippen LogP contribution in [0.25, 0.3) is 17.0 Å². The first kappa shape index (κ1) is 30.4. The summed E-state index contributed by atoms with van der Waals surface area (Å²) in [5.74, 6) is 0.562. The van der Waals surface area contributed by atoms with Gasteiger partial charge in [-0.1, -0.05) is 53.6 Å². The number of benzene rings is 3. The molecule has 0 unspecified atom stereocenters. The van der Waals surface area contributed by atoms with Gasteiger partial charge in [-0.15, -0.1) is 0 Å². The number of ether oxygens (including phenoxy) is 1. The number of hydrogen-bond donors (Lipinski definition) is 1. The summed E-state index contributed by atoms with van der Waals surface area (Å²) in [6.45, 7) is 1.50. The van der Waals surface area contributed by atoms with Crippen LogP contribution in [0.2, 0.25) is 5.02 Å². The number of likely N-dealkylation sites (tertiary alicyclic amines) is 1. The van der Waals surface area contributed by atoms with Crippen LogP contribution in [0.5, 0.6) is 5.75 Å². The highest BCUT2D eigenvalue weighted by Gasteiger charge is 2.25. The van der Waals surface area contributed by atoms with Crippen molar-refractivity contribution in [2.75, 3.05) is 13.7 Å². The fourth-order valence-electron chi connectivity index (χ4n) is 6.24. The van der Waals surface area contributed by atoms with E-state index in [0.29, 0.717) is 40.7 Å². The molecule has 6 rings (SSSR count). The summed E-state index contributed by atoms with van der Waals surface area (Å²) < 4.78 is 11.1. The predicted octanol–water partition coefficient (Wildman–Crippen LogP) is 7.63. The Morgan fingerprint density at radius 3 is 2.53 bits per heavy atom. The van der Waals surface area contributed by atoms with Crippen LogP contribution >= 0.6 is 11.6 Å². The molecule has 45 heavy (non-hydrogen) atoms. The summed E-state index contributed by atoms with van der Waals surface area (Å²) in [6, 6.07) is 22.0. The maximum absolute atomic E-state index is 13.4. The predicted molar refractivity (Wildman–Crippen MR) is 176 cm³/mol. The lowest BCUT2D eigenvalue weighted by atomic mass is 9.79. The van der Waals surface area contributed by atoms with Gasteiger partial charge < -0.3 is 19.4 Å². The number of allylic oxidation sites excluding steroid dienone is 2. The van der Waals surface area contributed by atoms with Crippen molar-refractivity contribution in [1.29, 1.82) is 0 Å². The van der Waals surface area contributed by atoms with E-state index in [1.54, 1.807) is 30.3 Å². The number of nitrogens with one attached hydrogen (secondary N) is 1. The number of hydrogen-bond acceptors (Lipinski definition) is 5. The van der Waals surface area contributed by atoms with Crippen LogP contribution in [0.4, 0.5) is 0 Å². The Morgan fingerprint density at radius 1 is 1.02 bits per heavy atom. The average molecular weight is 623 g/mol. The molecule has 1 saturated heterocycles. The van der Waals surface area contributed by atoms with Crippen molar-refractivity contribution in [3.8, 4) is 5.75 Å². The summed E-state index contributed by atoms with van der Waals surface area (Å²) in [5.41, 5.74) is 5.22. The third-order valence-corrected chi connectivity index (χ3v) is 8.88. The normalized spacial score (nSPS) is 17.1. The molecule has 1 aliphatic heterocycles. The Bertz CT molecular complexity index is 1850. The van der Waals surface area contributed by atoms with Crippen LogP contribution < -0.4 is 15.5 Å². The molecule has 2 amide bonds. The van der Waals surface area contributed by atoms with E-state index in [-0.39, 0.29) is 22.7 Å². The first-order valence-electron chi connectivity index (χ1n) is 15.3. The summed E-state index contributed by atoms with van der Waals surface area (Å²) >= 11 is 6.11. The van der Waals surface area contributed by atoms with Crippen molar-refractivity contribution in [3.63, 3.8) is 0 Å². The van der Waals surface area contributed by atoms with Crippen molar-refractivity contribution in [2.45, 2.75) is 51.0 Å². The molecule has 230 valence electrons. The number of nitrogens with zero attached hydrogens (tertiary/aromatic N) is 1. The van der Waals surface area contributed by atoms with Crippen molar-refractivity contribution >= 4 is 40.5 Å². The maximum Gasteiger partial charge on any atom is 0.291 e. The highest BCUT2D eigenvalue weighted by Crippen LogP contribution is 2.38. The van der Waals surface area contributed by atoms with E-state index in [1.807, 2.05) is 29.2 Å². The first-order chi connectivity index (χ1) is 21.9. The largest absolute Gasteiger partial charge is 0.497 e. The zero-order valence-corrected chi connectivity index (χ0v) is 25.9. The zero-order valence-electron chi connectivity index (χ0n) is 25.2. The number of halogens is 1. The topological polar surface area (TPSA) is 88.9 Å². The molecule has 1 saturated carbocycles. The Hall–Kier alpha value is -4.62. The molecule has 0 spiro atoms. The molecule has 1 aliphatic carbocycles. The average Bonchev–Trinajstić information content (AvgIpc) is 3.46. The molecule has 3 aromatic carbocycles. The summed E-state index contributed by atoms with van der Waals surface area (Å²) in [5, 5.41) is 3.97. The molecule has 2 aliphatic rings. The lowest BCUT2D eigenvalue weighted by Gasteiger charge is -2.28. The van der Waals surface area contributed by atoms with Crippen molar-refractivity contribution in [2.24, 2.45) is 0 Å². The highest BCUT2D eigenvalue weighted by atomic mass is 35.5. The zero-order chi connectivity index (χ0) is 31.3. The van der Waals surface area contributed by atoms with Crippen LogP contribution in [0, 0.1) is 0 Å². The lowest BCUT2D eigenvalue weighted by molar-refractivity contribution is -0.128. The van der Waals surface area contributed by atoms with E-state index >= 15 is 0 Å². The SMILES string of the molecule is COc1ccc2c(=O)cc(C(=O)N/C(C=C3CCC(c4ccccc4CN4CCCC4=O)CC3)=C\c3ccc(Cl)cc3)oc2c1. The van der Waals surface area contributed by atoms with Gasteiger partial charge in [0.15, 0.2) is 11.2 Å². The van der Waals surface area contributed by atoms with Crippen LogP contribution in [0.15, 0.2) is 99.4 Å². The molecule has 4 aromatic rings. The van der Waals surface area contributed by atoms with Crippen molar-refractivity contribution < 1.29 is 18.7 Å². The minimum Gasteiger partial charge on any atom is -0.497 e. The van der Waals surface area contributed by atoms with Gasteiger partial charge in [0.25, 0.3) is 5.91 Å². The van der Waals surface area contributed by atoms with Gasteiger partial charge in [0.1, 0.15) is 11.3 Å². The quantitative estimate of drug-likeness (QED) is 0.218. The van der Waals surface area contributed by atoms with E-state index in [0.717, 1.165) is 44.2 Å². The van der Waals surface area contributed by atoms with Crippen LogP contribution in [-0.2, 0) is 11.3 Å². The summed E-state index contributed by atoms with van der Waals surface area (Å²) in [4.78, 5) is 40.5. The number of fused-ring (bicyclic) bond motifs is 1. The van der Waals surface area contributed by atoms with E-state index < -0.39 is 5.91 Å².